The third-order valence-electron chi connectivity index (χ3n) is 13.3. The zero-order chi connectivity index (χ0) is 39.7. The average Bonchev–Trinajstić information content (AvgIpc) is 3.63. The minimum absolute atomic E-state index is 0.0420. The van der Waals surface area contributed by atoms with Crippen LogP contribution in [0.5, 0.6) is 0 Å². The van der Waals surface area contributed by atoms with Gasteiger partial charge in [-0.2, -0.15) is 0 Å². The van der Waals surface area contributed by atoms with Crippen molar-refractivity contribution < 1.29 is 4.42 Å². The Balaban J connectivity index is 1.05. The zero-order valence-electron chi connectivity index (χ0n) is 33.5. The fraction of sp³-hybridized carbons (Fsp3) is 0.123. The highest BCUT2D eigenvalue weighted by Crippen LogP contribution is 2.47. The van der Waals surface area contributed by atoms with E-state index in [0.29, 0.717) is 0 Å². The fourth-order valence-corrected chi connectivity index (χ4v) is 10.4. The first-order chi connectivity index (χ1) is 29.7. The second kappa shape index (κ2) is 14.0. The lowest BCUT2D eigenvalue weighted by Gasteiger charge is -2.30. The number of para-hydroxylation sites is 1. The minimum Gasteiger partial charge on any atom is -0.456 e. The maximum atomic E-state index is 7.05. The van der Waals surface area contributed by atoms with Gasteiger partial charge in [-0.3, -0.25) is 4.99 Å². The van der Waals surface area contributed by atoms with E-state index in [1.54, 1.807) is 0 Å². The van der Waals surface area contributed by atoms with Crippen LogP contribution in [0, 0.1) is 5.92 Å². The average molecular weight is 771 g/mol. The van der Waals surface area contributed by atoms with E-state index < -0.39 is 0 Å². The molecule has 0 amide bonds. The van der Waals surface area contributed by atoms with Crippen LogP contribution in [0.3, 0.4) is 0 Å². The Morgan fingerprint density at radius 2 is 1.27 bits per heavy atom. The molecule has 0 radical (unpaired) electrons. The number of benzene rings is 9. The number of nitrogens with zero attached hydrogens (tertiary/aromatic N) is 2. The first-order valence-electron chi connectivity index (χ1n) is 21.4. The van der Waals surface area contributed by atoms with Gasteiger partial charge in [-0.15, -0.1) is 0 Å². The van der Waals surface area contributed by atoms with Crippen molar-refractivity contribution in [2.24, 2.45) is 15.9 Å². The normalized spacial score (nSPS) is 17.7. The Kier molecular flexibility index (Phi) is 8.16. The van der Waals surface area contributed by atoms with E-state index in [0.717, 1.165) is 63.9 Å². The van der Waals surface area contributed by atoms with Crippen LogP contribution in [0.25, 0.3) is 65.4 Å². The van der Waals surface area contributed by atoms with Crippen molar-refractivity contribution in [1.29, 1.82) is 0 Å². The van der Waals surface area contributed by atoms with Crippen molar-refractivity contribution in [3.05, 3.63) is 215 Å². The summed E-state index contributed by atoms with van der Waals surface area (Å²) in [5.74, 6) is 0.957. The van der Waals surface area contributed by atoms with Gasteiger partial charge in [0.05, 0.1) is 11.8 Å². The molecular weight excluding hydrogens is 729 g/mol. The summed E-state index contributed by atoms with van der Waals surface area (Å²) in [5.41, 5.74) is 12.9. The Labute approximate surface area is 349 Å². The van der Waals surface area contributed by atoms with Crippen molar-refractivity contribution in [3.8, 4) is 11.1 Å². The molecule has 0 fully saturated rings. The monoisotopic (exact) mass is 770 g/mol. The first kappa shape index (κ1) is 34.9. The summed E-state index contributed by atoms with van der Waals surface area (Å²) < 4.78 is 7.05. The lowest BCUT2D eigenvalue weighted by atomic mass is 9.80. The Morgan fingerprint density at radius 3 is 2.13 bits per heavy atom. The maximum Gasteiger partial charge on any atom is 0.155 e. The van der Waals surface area contributed by atoms with Crippen molar-refractivity contribution >= 4 is 65.8 Å². The molecule has 1 aliphatic carbocycles. The summed E-state index contributed by atoms with van der Waals surface area (Å²) >= 11 is 0. The van der Waals surface area contributed by atoms with Crippen molar-refractivity contribution in [2.75, 3.05) is 0 Å². The largest absolute Gasteiger partial charge is 0.456 e. The van der Waals surface area contributed by atoms with E-state index in [1.165, 1.54) is 65.7 Å². The van der Waals surface area contributed by atoms with E-state index in [-0.39, 0.29) is 17.9 Å². The van der Waals surface area contributed by atoms with Crippen LogP contribution in [-0.4, -0.2) is 11.5 Å². The number of rotatable bonds is 5. The molecule has 1 aliphatic heterocycles. The van der Waals surface area contributed by atoms with Gasteiger partial charge in [0.1, 0.15) is 11.2 Å². The third kappa shape index (κ3) is 5.57. The quantitative estimate of drug-likeness (QED) is 0.161. The molecular formula is C57H42N2O. The Hall–Kier alpha value is -7.10. The van der Waals surface area contributed by atoms with Gasteiger partial charge in [0.15, 0.2) is 5.84 Å². The minimum atomic E-state index is -0.121. The molecule has 10 aromatic rings. The predicted molar refractivity (Wildman–Crippen MR) is 251 cm³/mol. The molecule has 2 aliphatic rings. The fourth-order valence-electron chi connectivity index (χ4n) is 10.4. The van der Waals surface area contributed by atoms with Gasteiger partial charge < -0.3 is 4.42 Å². The summed E-state index contributed by atoms with van der Waals surface area (Å²) in [7, 11) is 0. The summed E-state index contributed by atoms with van der Waals surface area (Å²) in [6.45, 7) is 2.29. The summed E-state index contributed by atoms with van der Waals surface area (Å²) in [6, 6.07) is 66.3. The molecule has 2 heterocycles. The van der Waals surface area contributed by atoms with E-state index >= 15 is 0 Å². The predicted octanol–water partition coefficient (Wildman–Crippen LogP) is 14.8. The molecule has 3 nitrogen and oxygen atoms in total. The highest BCUT2D eigenvalue weighted by molar-refractivity contribution is 6.24. The molecule has 9 aromatic carbocycles. The van der Waals surface area contributed by atoms with Gasteiger partial charge in [-0.1, -0.05) is 171 Å². The Bertz CT molecular complexity index is 3390. The van der Waals surface area contributed by atoms with E-state index in [4.69, 9.17) is 14.4 Å². The number of fused-ring (bicyclic) bond motifs is 10. The Morgan fingerprint density at radius 1 is 0.550 bits per heavy atom. The second-order valence-corrected chi connectivity index (χ2v) is 16.6. The summed E-state index contributed by atoms with van der Waals surface area (Å²) in [4.78, 5) is 11.1. The van der Waals surface area contributed by atoms with Crippen LogP contribution in [0.15, 0.2) is 196 Å². The lowest BCUT2D eigenvalue weighted by molar-refractivity contribution is 0.533. The molecule has 286 valence electrons. The van der Waals surface area contributed by atoms with Gasteiger partial charge in [-0.05, 0) is 97.6 Å². The van der Waals surface area contributed by atoms with E-state index in [9.17, 15) is 0 Å². The zero-order valence-corrected chi connectivity index (χ0v) is 33.5. The van der Waals surface area contributed by atoms with Gasteiger partial charge >= 0.3 is 0 Å². The van der Waals surface area contributed by atoms with Crippen LogP contribution in [0.2, 0.25) is 0 Å². The van der Waals surface area contributed by atoms with Crippen LogP contribution in [0.1, 0.15) is 65.1 Å². The number of hydrogen-bond donors (Lipinski definition) is 0. The lowest BCUT2D eigenvalue weighted by Crippen LogP contribution is -2.28. The van der Waals surface area contributed by atoms with Gasteiger partial charge in [-0.25, -0.2) is 4.99 Å². The molecule has 0 saturated carbocycles. The van der Waals surface area contributed by atoms with Gasteiger partial charge in [0.25, 0.3) is 0 Å². The second-order valence-electron chi connectivity index (χ2n) is 16.6. The molecule has 60 heavy (non-hydrogen) atoms. The topological polar surface area (TPSA) is 37.9 Å². The SMILES string of the molecule is CCC1C(c2ccc([C@H]3CCc4cc5ccccc5cc4-c4ccccc43)c3oc4ccccc4c23)=NC(c2ccccc2)=NC1c1ccc2c(ccc3ccccc32)c1. The van der Waals surface area contributed by atoms with Crippen molar-refractivity contribution in [3.63, 3.8) is 0 Å². The van der Waals surface area contributed by atoms with E-state index in [1.807, 2.05) is 0 Å². The third-order valence-corrected chi connectivity index (χ3v) is 13.3. The molecule has 0 bridgehead atoms. The van der Waals surface area contributed by atoms with Crippen LogP contribution in [-0.2, 0) is 6.42 Å². The molecule has 0 spiro atoms. The molecule has 0 saturated heterocycles. The summed E-state index contributed by atoms with van der Waals surface area (Å²) in [5, 5.41) is 9.86. The van der Waals surface area contributed by atoms with E-state index in [2.05, 4.69) is 189 Å². The standard InChI is InChI=1S/C57H42N2O/c1-2-42-54(41-27-28-44-39(33-41)25-24-35-14-8-9-19-43(35)44)58-57(36-15-4-3-5-16-36)59-55(42)50-31-30-48(56-53(50)49-22-12-13-23-52(49)60-56)47-29-26-40-32-37-17-6-7-18-38(37)34-51(40)46-21-11-10-20-45(46)47/h3-25,27-28,30-34,42,47,54H,2,26,29H2,1H3/t42?,47-,54?/m0/s1. The smallest absolute Gasteiger partial charge is 0.155 e. The van der Waals surface area contributed by atoms with Crippen LogP contribution < -0.4 is 0 Å². The molecule has 1 aromatic heterocycles. The highest BCUT2D eigenvalue weighted by atomic mass is 16.3. The molecule has 2 unspecified atom stereocenters. The maximum absolute atomic E-state index is 7.05. The molecule has 12 rings (SSSR count). The summed E-state index contributed by atoms with van der Waals surface area (Å²) in [6.07, 6.45) is 2.84. The van der Waals surface area contributed by atoms with Gasteiger partial charge in [0, 0.05) is 39.3 Å². The van der Waals surface area contributed by atoms with Crippen molar-refractivity contribution in [1.82, 2.24) is 0 Å². The molecule has 0 N–H and O–H groups in total. The molecule has 3 heteroatoms. The van der Waals surface area contributed by atoms with Crippen LogP contribution in [0.4, 0.5) is 0 Å². The highest BCUT2D eigenvalue weighted by Gasteiger charge is 2.35. The number of aryl methyl sites for hydroxylation is 1. The van der Waals surface area contributed by atoms with Crippen LogP contribution >= 0.6 is 0 Å². The van der Waals surface area contributed by atoms with Gasteiger partial charge in [0.2, 0.25) is 0 Å². The number of amidine groups is 1. The molecule has 3 atom stereocenters. The number of hydrogen-bond acceptors (Lipinski definition) is 3. The number of furan rings is 1. The first-order valence-corrected chi connectivity index (χ1v) is 21.4. The van der Waals surface area contributed by atoms with Crippen molar-refractivity contribution in [2.45, 2.75) is 38.1 Å². The number of aliphatic imine (C=N–C) groups is 2.